The number of alkyl halides is 3. The summed E-state index contributed by atoms with van der Waals surface area (Å²) in [6.07, 6.45) is -2.80. The molecule has 2 aromatic heterocycles. The average Bonchev–Trinajstić information content (AvgIpc) is 3.42. The number of benzene rings is 2. The molecule has 0 bridgehead atoms. The van der Waals surface area contributed by atoms with E-state index < -0.39 is 17.8 Å². The Morgan fingerprint density at radius 2 is 1.67 bits per heavy atom. The number of hydrogen-bond acceptors (Lipinski definition) is 4. The van der Waals surface area contributed by atoms with Crippen molar-refractivity contribution in [3.63, 3.8) is 0 Å². The Morgan fingerprint density at radius 1 is 0.923 bits per heavy atom. The van der Waals surface area contributed by atoms with E-state index >= 15 is 0 Å². The third-order valence-electron chi connectivity index (χ3n) is 6.98. The first kappa shape index (κ1) is 26.6. The normalized spacial score (nSPS) is 17.3. The molecule has 5 rings (SSSR count). The molecule has 2 atom stereocenters. The summed E-state index contributed by atoms with van der Waals surface area (Å²) in [4.78, 5) is 6.51. The van der Waals surface area contributed by atoms with Crippen molar-refractivity contribution in [3.05, 3.63) is 101 Å². The lowest BCUT2D eigenvalue weighted by Crippen LogP contribution is -2.30. The van der Waals surface area contributed by atoms with Gasteiger partial charge in [-0.2, -0.15) is 13.2 Å². The van der Waals surface area contributed by atoms with Crippen LogP contribution in [0.3, 0.4) is 0 Å². The highest BCUT2D eigenvalue weighted by Crippen LogP contribution is 2.47. The van der Waals surface area contributed by atoms with Gasteiger partial charge in [0.25, 0.3) is 0 Å². The Morgan fingerprint density at radius 3 is 2.33 bits per heavy atom. The molecule has 0 amide bonds. The molecule has 1 fully saturated rings. The molecule has 1 saturated heterocycles. The van der Waals surface area contributed by atoms with Crippen molar-refractivity contribution >= 4 is 23.0 Å². The minimum Gasteiger partial charge on any atom is -0.497 e. The first-order valence-electron chi connectivity index (χ1n) is 12.2. The molecule has 3 heterocycles. The molecule has 0 radical (unpaired) electrons. The average molecular weight is 553 g/mol. The summed E-state index contributed by atoms with van der Waals surface area (Å²) in [5, 5.41) is 3.83. The van der Waals surface area contributed by atoms with Crippen molar-refractivity contribution in [2.45, 2.75) is 32.1 Å². The van der Waals surface area contributed by atoms with E-state index in [9.17, 15) is 13.2 Å². The maximum atomic E-state index is 14.0. The smallest absolute Gasteiger partial charge is 0.418 e. The van der Waals surface area contributed by atoms with E-state index in [-0.39, 0.29) is 11.7 Å². The molecule has 0 aliphatic carbocycles. The SMILES string of the molecule is COc1ccc(OC)c(N2C(=S)N[C@H](c3ccccn3)[C@@H]2c2cc(C)n(-c3ccccc3C(F)(F)F)c2C)c1. The van der Waals surface area contributed by atoms with Gasteiger partial charge in [-0.15, -0.1) is 0 Å². The number of ether oxygens (including phenoxy) is 2. The van der Waals surface area contributed by atoms with Crippen molar-refractivity contribution in [2.24, 2.45) is 0 Å². The van der Waals surface area contributed by atoms with Crippen LogP contribution in [0.2, 0.25) is 0 Å². The molecule has 4 aromatic rings. The molecule has 1 N–H and O–H groups in total. The Hall–Kier alpha value is -4.05. The van der Waals surface area contributed by atoms with Gasteiger partial charge in [0.15, 0.2) is 5.11 Å². The molecule has 39 heavy (non-hydrogen) atoms. The Labute approximate surface area is 230 Å². The number of hydrogen-bond donors (Lipinski definition) is 1. The van der Waals surface area contributed by atoms with Crippen LogP contribution in [0.5, 0.6) is 11.5 Å². The van der Waals surface area contributed by atoms with Crippen LogP contribution in [0.15, 0.2) is 72.9 Å². The second kappa shape index (κ2) is 10.3. The van der Waals surface area contributed by atoms with Crippen LogP contribution in [0.4, 0.5) is 18.9 Å². The molecular weight excluding hydrogens is 525 g/mol. The zero-order chi connectivity index (χ0) is 27.9. The molecule has 2 aromatic carbocycles. The van der Waals surface area contributed by atoms with Gasteiger partial charge in [0.2, 0.25) is 0 Å². The number of nitrogens with zero attached hydrogens (tertiary/aromatic N) is 3. The van der Waals surface area contributed by atoms with Crippen LogP contribution in [0.1, 0.15) is 40.3 Å². The van der Waals surface area contributed by atoms with Crippen LogP contribution in [-0.2, 0) is 6.18 Å². The van der Waals surface area contributed by atoms with Crippen molar-refractivity contribution < 1.29 is 22.6 Å². The second-order valence-corrected chi connectivity index (χ2v) is 9.60. The molecule has 1 aliphatic rings. The number of nitrogens with one attached hydrogen (secondary N) is 1. The van der Waals surface area contributed by atoms with Crippen LogP contribution in [0.25, 0.3) is 5.69 Å². The van der Waals surface area contributed by atoms with Gasteiger partial charge in [-0.05, 0) is 74.1 Å². The summed E-state index contributed by atoms with van der Waals surface area (Å²) in [7, 11) is 3.15. The fraction of sp³-hybridized carbons (Fsp3) is 0.241. The number of para-hydroxylation sites is 1. The van der Waals surface area contributed by atoms with E-state index in [0.717, 1.165) is 17.3 Å². The van der Waals surface area contributed by atoms with Gasteiger partial charge in [0, 0.05) is 23.7 Å². The minimum atomic E-state index is -4.51. The predicted octanol–water partition coefficient (Wildman–Crippen LogP) is 6.70. The molecule has 0 unspecified atom stereocenters. The van der Waals surface area contributed by atoms with E-state index in [2.05, 4.69) is 10.3 Å². The summed E-state index contributed by atoms with van der Waals surface area (Å²) in [6, 6.07) is 17.7. The summed E-state index contributed by atoms with van der Waals surface area (Å²) >= 11 is 5.84. The zero-order valence-corrected chi connectivity index (χ0v) is 22.6. The van der Waals surface area contributed by atoms with E-state index in [1.807, 2.05) is 42.2 Å². The number of aromatic nitrogens is 2. The van der Waals surface area contributed by atoms with Crippen LogP contribution >= 0.6 is 12.2 Å². The largest absolute Gasteiger partial charge is 0.497 e. The van der Waals surface area contributed by atoms with Crippen LogP contribution in [0, 0.1) is 13.8 Å². The molecule has 202 valence electrons. The number of pyridine rings is 1. The zero-order valence-electron chi connectivity index (χ0n) is 21.8. The minimum absolute atomic E-state index is 0.0691. The van der Waals surface area contributed by atoms with Crippen molar-refractivity contribution in [1.29, 1.82) is 0 Å². The standard InChI is InChI=1S/C29H27F3N4O2S/c1-17-15-20(18(2)35(17)23-11-6-5-9-21(23)29(30,31)32)27-26(22-10-7-8-14-33-22)34-28(39)36(27)24-16-19(37-3)12-13-25(24)38-4/h5-16,26-27H,1-4H3,(H,34,39)/t26-,27+/m1/s1. The Balaban J connectivity index is 1.74. The third kappa shape index (κ3) is 4.69. The highest BCUT2D eigenvalue weighted by Gasteiger charge is 2.44. The molecule has 0 saturated carbocycles. The molecule has 0 spiro atoms. The number of aryl methyl sites for hydroxylation is 1. The molecule has 1 aliphatic heterocycles. The number of rotatable bonds is 6. The fourth-order valence-corrected chi connectivity index (χ4v) is 5.62. The van der Waals surface area contributed by atoms with Gasteiger partial charge in [-0.3, -0.25) is 4.98 Å². The highest BCUT2D eigenvalue weighted by molar-refractivity contribution is 7.80. The predicted molar refractivity (Wildman–Crippen MR) is 148 cm³/mol. The summed E-state index contributed by atoms with van der Waals surface area (Å²) < 4.78 is 54.8. The first-order valence-corrected chi connectivity index (χ1v) is 12.6. The lowest BCUT2D eigenvalue weighted by atomic mass is 9.96. The lowest BCUT2D eigenvalue weighted by Gasteiger charge is -2.29. The number of halogens is 3. The maximum absolute atomic E-state index is 14.0. The second-order valence-electron chi connectivity index (χ2n) is 9.21. The van der Waals surface area contributed by atoms with Gasteiger partial charge in [0.05, 0.1) is 48.9 Å². The van der Waals surface area contributed by atoms with Crippen molar-refractivity contribution in [2.75, 3.05) is 19.1 Å². The summed E-state index contributed by atoms with van der Waals surface area (Å²) in [6.45, 7) is 3.63. The Kier molecular flexibility index (Phi) is 6.98. The van der Waals surface area contributed by atoms with Gasteiger partial charge >= 0.3 is 6.18 Å². The third-order valence-corrected chi connectivity index (χ3v) is 7.30. The quantitative estimate of drug-likeness (QED) is 0.269. The van der Waals surface area contributed by atoms with Gasteiger partial charge in [0.1, 0.15) is 11.5 Å². The van der Waals surface area contributed by atoms with Crippen LogP contribution in [-0.4, -0.2) is 28.9 Å². The van der Waals surface area contributed by atoms with Crippen LogP contribution < -0.4 is 19.7 Å². The van der Waals surface area contributed by atoms with Gasteiger partial charge in [-0.1, -0.05) is 18.2 Å². The topological polar surface area (TPSA) is 51.6 Å². The molecule has 6 nitrogen and oxygen atoms in total. The number of thiocarbonyl (C=S) groups is 1. The van der Waals surface area contributed by atoms with E-state index in [1.54, 1.807) is 50.1 Å². The number of anilines is 1. The van der Waals surface area contributed by atoms with E-state index in [1.165, 1.54) is 12.1 Å². The fourth-order valence-electron chi connectivity index (χ4n) is 5.28. The van der Waals surface area contributed by atoms with Gasteiger partial charge < -0.3 is 24.3 Å². The molecule has 10 heteroatoms. The van der Waals surface area contributed by atoms with E-state index in [0.29, 0.717) is 33.7 Å². The Bertz CT molecular complexity index is 1520. The number of methoxy groups -OCH3 is 2. The van der Waals surface area contributed by atoms with E-state index in [4.69, 9.17) is 21.7 Å². The molecular formula is C29H27F3N4O2S. The summed E-state index contributed by atoms with van der Waals surface area (Å²) in [5.41, 5.74) is 2.90. The van der Waals surface area contributed by atoms with Crippen molar-refractivity contribution in [1.82, 2.24) is 14.9 Å². The highest BCUT2D eigenvalue weighted by atomic mass is 32.1. The first-order chi connectivity index (χ1) is 18.7. The summed E-state index contributed by atoms with van der Waals surface area (Å²) in [5.74, 6) is 1.18. The lowest BCUT2D eigenvalue weighted by molar-refractivity contribution is -0.137. The monoisotopic (exact) mass is 552 g/mol. The maximum Gasteiger partial charge on any atom is 0.418 e. The van der Waals surface area contributed by atoms with Crippen molar-refractivity contribution in [3.8, 4) is 17.2 Å². The van der Waals surface area contributed by atoms with Gasteiger partial charge in [-0.25, -0.2) is 0 Å².